The van der Waals surface area contributed by atoms with Crippen LogP contribution >= 0.6 is 22.9 Å². The number of nitro benzene ring substituents is 1. The zero-order valence-electron chi connectivity index (χ0n) is 11.4. The molecular formula is C13H12ClN3O3S. The molecule has 1 aromatic carbocycles. The zero-order valence-corrected chi connectivity index (χ0v) is 12.9. The third kappa shape index (κ3) is 3.20. The maximum Gasteiger partial charge on any atom is 0.283 e. The summed E-state index contributed by atoms with van der Waals surface area (Å²) in [6.07, 6.45) is 0. The number of nitrogens with zero attached hydrogens (tertiary/aromatic N) is 3. The van der Waals surface area contributed by atoms with Gasteiger partial charge in [-0.2, -0.15) is 0 Å². The Hall–Kier alpha value is -1.99. The van der Waals surface area contributed by atoms with Gasteiger partial charge in [0.2, 0.25) is 0 Å². The summed E-state index contributed by atoms with van der Waals surface area (Å²) >= 11 is 7.40. The molecule has 0 atom stereocenters. The highest BCUT2D eigenvalue weighted by Gasteiger charge is 2.26. The van der Waals surface area contributed by atoms with Crippen molar-refractivity contribution in [2.45, 2.75) is 13.5 Å². The molecule has 2 aromatic rings. The molecule has 0 aliphatic rings. The first-order chi connectivity index (χ1) is 9.91. The Labute approximate surface area is 130 Å². The van der Waals surface area contributed by atoms with Crippen molar-refractivity contribution < 1.29 is 9.72 Å². The van der Waals surface area contributed by atoms with Crippen molar-refractivity contribution in [1.82, 2.24) is 9.88 Å². The second-order valence-electron chi connectivity index (χ2n) is 4.41. The summed E-state index contributed by atoms with van der Waals surface area (Å²) < 4.78 is 0. The van der Waals surface area contributed by atoms with Crippen LogP contribution in [-0.4, -0.2) is 27.8 Å². The number of aromatic nitrogens is 1. The molecule has 110 valence electrons. The number of rotatable bonds is 4. The lowest BCUT2D eigenvalue weighted by Gasteiger charge is -2.17. The monoisotopic (exact) mass is 325 g/mol. The van der Waals surface area contributed by atoms with Crippen LogP contribution in [0.15, 0.2) is 23.7 Å². The number of amides is 1. The van der Waals surface area contributed by atoms with Gasteiger partial charge < -0.3 is 4.90 Å². The van der Waals surface area contributed by atoms with E-state index in [1.807, 2.05) is 6.92 Å². The van der Waals surface area contributed by atoms with Gasteiger partial charge >= 0.3 is 0 Å². The van der Waals surface area contributed by atoms with Gasteiger partial charge in [-0.25, -0.2) is 4.98 Å². The highest BCUT2D eigenvalue weighted by Crippen LogP contribution is 2.28. The molecule has 0 aliphatic heterocycles. The van der Waals surface area contributed by atoms with Gasteiger partial charge in [-0.15, -0.1) is 11.3 Å². The van der Waals surface area contributed by atoms with Crippen LogP contribution in [0.25, 0.3) is 0 Å². The zero-order chi connectivity index (χ0) is 15.6. The summed E-state index contributed by atoms with van der Waals surface area (Å²) in [5.74, 6) is -0.486. The fraction of sp³-hybridized carbons (Fsp3) is 0.231. The lowest BCUT2D eigenvalue weighted by atomic mass is 10.1. The van der Waals surface area contributed by atoms with E-state index in [4.69, 9.17) is 11.6 Å². The molecular weight excluding hydrogens is 314 g/mol. The fourth-order valence-electron chi connectivity index (χ4n) is 1.83. The molecule has 8 heteroatoms. The van der Waals surface area contributed by atoms with Crippen molar-refractivity contribution in [3.8, 4) is 0 Å². The first-order valence-electron chi connectivity index (χ1n) is 5.99. The van der Waals surface area contributed by atoms with Gasteiger partial charge in [0.05, 0.1) is 27.7 Å². The molecule has 1 aromatic heterocycles. The van der Waals surface area contributed by atoms with Gasteiger partial charge in [-0.05, 0) is 13.0 Å². The lowest BCUT2D eigenvalue weighted by Crippen LogP contribution is -2.27. The Bertz CT molecular complexity index is 702. The van der Waals surface area contributed by atoms with Crippen LogP contribution in [0, 0.1) is 17.0 Å². The maximum absolute atomic E-state index is 12.4. The molecule has 0 spiro atoms. The molecule has 0 unspecified atom stereocenters. The van der Waals surface area contributed by atoms with Gasteiger partial charge in [0, 0.05) is 18.0 Å². The number of benzene rings is 1. The predicted octanol–water partition coefficient (Wildman–Crippen LogP) is 3.29. The second kappa shape index (κ2) is 6.19. The fourth-order valence-corrected chi connectivity index (χ4v) is 2.91. The molecule has 0 saturated heterocycles. The predicted molar refractivity (Wildman–Crippen MR) is 80.8 cm³/mol. The number of aryl methyl sites for hydroxylation is 1. The Morgan fingerprint density at radius 2 is 2.24 bits per heavy atom. The molecule has 21 heavy (non-hydrogen) atoms. The molecule has 1 heterocycles. The SMILES string of the molecule is Cc1ncsc1CN(C)C(=O)c1c(Cl)cccc1[N+](=O)[O-]. The standard InChI is InChI=1S/C13H12ClN3O3S/c1-8-11(21-7-15-8)6-16(2)13(18)12-9(14)4-3-5-10(12)17(19)20/h3-5,7H,6H2,1-2H3. The minimum absolute atomic E-state index is 0.0714. The number of thiazole rings is 1. The van der Waals surface area contributed by atoms with E-state index < -0.39 is 10.8 Å². The van der Waals surface area contributed by atoms with Crippen molar-refractivity contribution in [2.75, 3.05) is 7.05 Å². The summed E-state index contributed by atoms with van der Waals surface area (Å²) in [7, 11) is 1.58. The first-order valence-corrected chi connectivity index (χ1v) is 7.25. The van der Waals surface area contributed by atoms with E-state index in [-0.39, 0.29) is 16.3 Å². The third-order valence-electron chi connectivity index (χ3n) is 2.97. The van der Waals surface area contributed by atoms with E-state index in [1.165, 1.54) is 34.4 Å². The summed E-state index contributed by atoms with van der Waals surface area (Å²) in [6.45, 7) is 2.18. The van der Waals surface area contributed by atoms with Gasteiger partial charge in [0.15, 0.2) is 0 Å². The van der Waals surface area contributed by atoms with Crippen LogP contribution in [0.4, 0.5) is 5.69 Å². The number of carbonyl (C=O) groups excluding carboxylic acids is 1. The Morgan fingerprint density at radius 3 is 2.81 bits per heavy atom. The van der Waals surface area contributed by atoms with Crippen LogP contribution in [-0.2, 0) is 6.54 Å². The minimum Gasteiger partial charge on any atom is -0.336 e. The van der Waals surface area contributed by atoms with E-state index in [0.717, 1.165) is 10.6 Å². The summed E-state index contributed by atoms with van der Waals surface area (Å²) in [6, 6.07) is 4.18. The van der Waals surface area contributed by atoms with Crippen molar-refractivity contribution >= 4 is 34.5 Å². The average molecular weight is 326 g/mol. The second-order valence-corrected chi connectivity index (χ2v) is 5.76. The van der Waals surface area contributed by atoms with Crippen molar-refractivity contribution in [3.63, 3.8) is 0 Å². The molecule has 6 nitrogen and oxygen atoms in total. The average Bonchev–Trinajstić information content (AvgIpc) is 2.83. The van der Waals surface area contributed by atoms with E-state index >= 15 is 0 Å². The number of nitro groups is 1. The van der Waals surface area contributed by atoms with Crippen molar-refractivity contribution in [3.05, 3.63) is 55.0 Å². The molecule has 2 rings (SSSR count). The molecule has 1 amide bonds. The largest absolute Gasteiger partial charge is 0.336 e. The van der Waals surface area contributed by atoms with Gasteiger partial charge in [0.25, 0.3) is 11.6 Å². The molecule has 0 fully saturated rings. The molecule has 0 saturated carbocycles. The van der Waals surface area contributed by atoms with Gasteiger partial charge in [-0.1, -0.05) is 17.7 Å². The van der Waals surface area contributed by atoms with Crippen LogP contribution in [0.3, 0.4) is 0 Å². The lowest BCUT2D eigenvalue weighted by molar-refractivity contribution is -0.385. The van der Waals surface area contributed by atoms with Crippen molar-refractivity contribution in [1.29, 1.82) is 0 Å². The molecule has 0 N–H and O–H groups in total. The molecule has 0 radical (unpaired) electrons. The summed E-state index contributed by atoms with van der Waals surface area (Å²) in [5.41, 5.74) is 2.16. The van der Waals surface area contributed by atoms with Crippen LogP contribution < -0.4 is 0 Å². The Balaban J connectivity index is 2.32. The number of carbonyl (C=O) groups is 1. The van der Waals surface area contributed by atoms with Crippen LogP contribution in [0.2, 0.25) is 5.02 Å². The van der Waals surface area contributed by atoms with E-state index in [9.17, 15) is 14.9 Å². The van der Waals surface area contributed by atoms with Crippen molar-refractivity contribution in [2.24, 2.45) is 0 Å². The minimum atomic E-state index is -0.606. The smallest absolute Gasteiger partial charge is 0.283 e. The van der Waals surface area contributed by atoms with E-state index in [2.05, 4.69) is 4.98 Å². The van der Waals surface area contributed by atoms with E-state index in [1.54, 1.807) is 12.6 Å². The quantitative estimate of drug-likeness (QED) is 0.638. The summed E-state index contributed by atoms with van der Waals surface area (Å²) in [4.78, 5) is 29.3. The topological polar surface area (TPSA) is 76.3 Å². The number of hydrogen-bond donors (Lipinski definition) is 0. The number of hydrogen-bond acceptors (Lipinski definition) is 5. The van der Waals surface area contributed by atoms with Crippen LogP contribution in [0.1, 0.15) is 20.9 Å². The first kappa shape index (κ1) is 15.4. The Kier molecular flexibility index (Phi) is 4.54. The highest BCUT2D eigenvalue weighted by atomic mass is 35.5. The van der Waals surface area contributed by atoms with Gasteiger partial charge in [-0.3, -0.25) is 14.9 Å². The molecule has 0 bridgehead atoms. The normalized spacial score (nSPS) is 10.4. The Morgan fingerprint density at radius 1 is 1.52 bits per heavy atom. The third-order valence-corrected chi connectivity index (χ3v) is 4.21. The summed E-state index contributed by atoms with van der Waals surface area (Å²) in [5, 5.41) is 11.1. The van der Waals surface area contributed by atoms with Gasteiger partial charge in [0.1, 0.15) is 5.56 Å². The molecule has 0 aliphatic carbocycles. The highest BCUT2D eigenvalue weighted by molar-refractivity contribution is 7.09. The number of halogens is 1. The maximum atomic E-state index is 12.4. The van der Waals surface area contributed by atoms with E-state index in [0.29, 0.717) is 6.54 Å². The van der Waals surface area contributed by atoms with Crippen LogP contribution in [0.5, 0.6) is 0 Å².